The largest absolute Gasteiger partial charge is 0.464 e. The fraction of sp³-hybridized carbons (Fsp3) is 0.857. The Balaban J connectivity index is 2.85. The molecule has 1 saturated heterocycles. The summed E-state index contributed by atoms with van der Waals surface area (Å²) in [7, 11) is -4.05. The van der Waals surface area contributed by atoms with E-state index < -0.39 is 22.4 Å². The van der Waals surface area contributed by atoms with Crippen molar-refractivity contribution in [1.82, 2.24) is 4.31 Å². The SMILES string of the molecule is CC(C)CC1COS(=O)(=O)N1C(=O)O. The second-order valence-electron chi connectivity index (χ2n) is 3.60. The third-order valence-corrected chi connectivity index (χ3v) is 3.28. The Kier molecular flexibility index (Phi) is 3.01. The third-order valence-electron chi connectivity index (χ3n) is 1.91. The summed E-state index contributed by atoms with van der Waals surface area (Å²) in [5.74, 6) is 0.221. The molecule has 0 aromatic carbocycles. The van der Waals surface area contributed by atoms with Gasteiger partial charge < -0.3 is 5.11 Å². The van der Waals surface area contributed by atoms with E-state index in [4.69, 9.17) is 5.11 Å². The van der Waals surface area contributed by atoms with E-state index in [0.29, 0.717) is 10.7 Å². The molecule has 6 nitrogen and oxygen atoms in total. The standard InChI is InChI=1S/C7H13NO5S/c1-5(2)3-6-4-13-14(11,12)8(6)7(9)10/h5-6H,3-4H2,1-2H3,(H,9,10). The van der Waals surface area contributed by atoms with Gasteiger partial charge >= 0.3 is 16.4 Å². The second-order valence-corrected chi connectivity index (χ2v) is 5.09. The Morgan fingerprint density at radius 1 is 1.64 bits per heavy atom. The average Bonchev–Trinajstić information content (AvgIpc) is 2.24. The summed E-state index contributed by atoms with van der Waals surface area (Å²) >= 11 is 0. The van der Waals surface area contributed by atoms with Crippen LogP contribution in [0.3, 0.4) is 0 Å². The molecule has 0 bridgehead atoms. The summed E-state index contributed by atoms with van der Waals surface area (Å²) in [6.07, 6.45) is -1.00. The molecule has 1 aliphatic heterocycles. The predicted molar refractivity (Wildman–Crippen MR) is 48.0 cm³/mol. The molecular formula is C7H13NO5S. The molecule has 1 aliphatic rings. The maximum Gasteiger partial charge on any atom is 0.423 e. The molecule has 1 amide bonds. The highest BCUT2D eigenvalue weighted by Crippen LogP contribution is 2.23. The van der Waals surface area contributed by atoms with Gasteiger partial charge in [-0.2, -0.15) is 12.7 Å². The molecule has 1 atom stereocenters. The number of carboxylic acid groups (broad SMARTS) is 1. The first-order valence-corrected chi connectivity index (χ1v) is 5.63. The van der Waals surface area contributed by atoms with Crippen LogP contribution in [0.4, 0.5) is 4.79 Å². The van der Waals surface area contributed by atoms with Gasteiger partial charge in [0.1, 0.15) is 0 Å². The van der Waals surface area contributed by atoms with Gasteiger partial charge in [0.15, 0.2) is 0 Å². The normalized spacial score (nSPS) is 25.6. The van der Waals surface area contributed by atoms with Gasteiger partial charge in [-0.25, -0.2) is 4.79 Å². The molecule has 0 spiro atoms. The maximum atomic E-state index is 11.1. The fourth-order valence-corrected chi connectivity index (χ4v) is 2.58. The summed E-state index contributed by atoms with van der Waals surface area (Å²) in [4.78, 5) is 10.7. The summed E-state index contributed by atoms with van der Waals surface area (Å²) < 4.78 is 27.1. The number of carbonyl (C=O) groups is 1. The van der Waals surface area contributed by atoms with Gasteiger partial charge in [-0.1, -0.05) is 13.8 Å². The van der Waals surface area contributed by atoms with Crippen LogP contribution in [0.2, 0.25) is 0 Å². The van der Waals surface area contributed by atoms with E-state index in [1.165, 1.54) is 0 Å². The fourth-order valence-electron chi connectivity index (χ4n) is 1.43. The van der Waals surface area contributed by atoms with Crippen molar-refractivity contribution in [2.45, 2.75) is 26.3 Å². The minimum atomic E-state index is -4.05. The first-order chi connectivity index (χ1) is 6.34. The monoisotopic (exact) mass is 223 g/mol. The van der Waals surface area contributed by atoms with Crippen LogP contribution in [0, 0.1) is 5.92 Å². The highest BCUT2D eigenvalue weighted by Gasteiger charge is 2.42. The molecule has 0 radical (unpaired) electrons. The number of hydrogen-bond acceptors (Lipinski definition) is 4. The summed E-state index contributed by atoms with van der Waals surface area (Å²) in [6.45, 7) is 3.71. The van der Waals surface area contributed by atoms with E-state index in [9.17, 15) is 13.2 Å². The van der Waals surface area contributed by atoms with Crippen LogP contribution in [0.1, 0.15) is 20.3 Å². The highest BCUT2D eigenvalue weighted by molar-refractivity contribution is 7.85. The van der Waals surface area contributed by atoms with Crippen LogP contribution in [0.15, 0.2) is 0 Å². The number of amides is 1. The Morgan fingerprint density at radius 3 is 2.64 bits per heavy atom. The van der Waals surface area contributed by atoms with Crippen LogP contribution in [0.5, 0.6) is 0 Å². The third kappa shape index (κ3) is 2.16. The lowest BCUT2D eigenvalue weighted by Gasteiger charge is -2.18. The lowest BCUT2D eigenvalue weighted by atomic mass is 10.0. The Bertz CT molecular complexity index is 323. The first-order valence-electron chi connectivity index (χ1n) is 4.26. The average molecular weight is 223 g/mol. The molecule has 7 heteroatoms. The zero-order valence-electron chi connectivity index (χ0n) is 8.00. The van der Waals surface area contributed by atoms with E-state index in [1.54, 1.807) is 0 Å². The van der Waals surface area contributed by atoms with Gasteiger partial charge in [-0.15, -0.1) is 0 Å². The van der Waals surface area contributed by atoms with E-state index in [2.05, 4.69) is 4.18 Å². The molecule has 1 heterocycles. The second kappa shape index (κ2) is 3.74. The minimum Gasteiger partial charge on any atom is -0.464 e. The molecule has 0 aliphatic carbocycles. The van der Waals surface area contributed by atoms with Gasteiger partial charge in [-0.3, -0.25) is 4.18 Å². The van der Waals surface area contributed by atoms with Gasteiger partial charge in [-0.05, 0) is 12.3 Å². The molecular weight excluding hydrogens is 210 g/mol. The molecule has 0 aromatic rings. The molecule has 1 fully saturated rings. The van der Waals surface area contributed by atoms with Crippen molar-refractivity contribution < 1.29 is 22.5 Å². The van der Waals surface area contributed by atoms with E-state index in [-0.39, 0.29) is 12.5 Å². The van der Waals surface area contributed by atoms with Crippen molar-refractivity contribution in [3.63, 3.8) is 0 Å². The molecule has 1 unspecified atom stereocenters. The van der Waals surface area contributed by atoms with Crippen LogP contribution in [-0.2, 0) is 14.5 Å². The number of hydrogen-bond donors (Lipinski definition) is 1. The van der Waals surface area contributed by atoms with E-state index in [0.717, 1.165) is 0 Å². The van der Waals surface area contributed by atoms with Crippen LogP contribution in [0.25, 0.3) is 0 Å². The quantitative estimate of drug-likeness (QED) is 0.743. The highest BCUT2D eigenvalue weighted by atomic mass is 32.2. The summed E-state index contributed by atoms with van der Waals surface area (Å²) in [6, 6.07) is -0.586. The Morgan fingerprint density at radius 2 is 2.21 bits per heavy atom. The van der Waals surface area contributed by atoms with Crippen molar-refractivity contribution in [2.75, 3.05) is 6.61 Å². The lowest BCUT2D eigenvalue weighted by molar-refractivity contribution is 0.160. The van der Waals surface area contributed by atoms with Crippen molar-refractivity contribution in [1.29, 1.82) is 0 Å². The van der Waals surface area contributed by atoms with Gasteiger partial charge in [0.25, 0.3) is 0 Å². The topological polar surface area (TPSA) is 83.9 Å². The smallest absolute Gasteiger partial charge is 0.423 e. The first kappa shape index (κ1) is 11.3. The van der Waals surface area contributed by atoms with Crippen molar-refractivity contribution in [3.05, 3.63) is 0 Å². The maximum absolute atomic E-state index is 11.1. The minimum absolute atomic E-state index is 0.0766. The van der Waals surface area contributed by atoms with Crippen molar-refractivity contribution in [3.8, 4) is 0 Å². The van der Waals surface area contributed by atoms with E-state index >= 15 is 0 Å². The molecule has 14 heavy (non-hydrogen) atoms. The zero-order valence-corrected chi connectivity index (χ0v) is 8.82. The molecule has 0 aromatic heterocycles. The molecule has 1 N–H and O–H groups in total. The van der Waals surface area contributed by atoms with Crippen LogP contribution < -0.4 is 0 Å². The van der Waals surface area contributed by atoms with Gasteiger partial charge in [0.05, 0.1) is 12.6 Å². The summed E-state index contributed by atoms with van der Waals surface area (Å²) in [5, 5.41) is 8.70. The van der Waals surface area contributed by atoms with E-state index in [1.807, 2.05) is 13.8 Å². The lowest BCUT2D eigenvalue weighted by Crippen LogP contribution is -2.38. The van der Waals surface area contributed by atoms with Crippen molar-refractivity contribution in [2.24, 2.45) is 5.92 Å². The molecule has 0 saturated carbocycles. The van der Waals surface area contributed by atoms with Gasteiger partial charge in [0, 0.05) is 0 Å². The number of rotatable bonds is 2. The van der Waals surface area contributed by atoms with Crippen LogP contribution in [-0.4, -0.2) is 36.6 Å². The summed E-state index contributed by atoms with van der Waals surface area (Å²) in [5.41, 5.74) is 0. The predicted octanol–water partition coefficient (Wildman–Crippen LogP) is 0.656. The zero-order chi connectivity index (χ0) is 10.9. The Labute approximate surface area is 82.7 Å². The van der Waals surface area contributed by atoms with Crippen LogP contribution >= 0.6 is 0 Å². The Hall–Kier alpha value is -0.820. The molecule has 1 rings (SSSR count). The number of nitrogens with zero attached hydrogens (tertiary/aromatic N) is 1. The van der Waals surface area contributed by atoms with Gasteiger partial charge in [0.2, 0.25) is 0 Å². The van der Waals surface area contributed by atoms with Crippen molar-refractivity contribution >= 4 is 16.4 Å². The molecule has 82 valence electrons.